The number of carbonyl (C=O) groups is 4. The van der Waals surface area contributed by atoms with E-state index in [1.165, 1.54) is 12.7 Å². The van der Waals surface area contributed by atoms with Gasteiger partial charge in [-0.05, 0) is 117 Å². The van der Waals surface area contributed by atoms with Crippen molar-refractivity contribution in [2.45, 2.75) is 119 Å². The number of aliphatic carboxylic acids is 1. The highest BCUT2D eigenvalue weighted by Crippen LogP contribution is 2.72. The fourth-order valence-corrected chi connectivity index (χ4v) is 11.3. The van der Waals surface area contributed by atoms with Crippen LogP contribution in [0.2, 0.25) is 0 Å². The number of amides is 1. The quantitative estimate of drug-likeness (QED) is 0.365. The molecule has 5 aliphatic carbocycles. The Balaban J connectivity index is 1.44. The Morgan fingerprint density at radius 2 is 1.62 bits per heavy atom. The molecule has 4 fully saturated rings. The zero-order chi connectivity index (χ0) is 31.0. The summed E-state index contributed by atoms with van der Waals surface area (Å²) >= 11 is 0. The van der Waals surface area contributed by atoms with Gasteiger partial charge in [0.05, 0.1) is 18.9 Å². The smallest absolute Gasteiger partial charge is 0.309 e. The first-order chi connectivity index (χ1) is 19.4. The zero-order valence-corrected chi connectivity index (χ0v) is 27.1. The van der Waals surface area contributed by atoms with Crippen molar-refractivity contribution in [1.82, 2.24) is 5.32 Å². The minimum absolute atomic E-state index is 0.00529. The molecule has 5 rings (SSSR count). The molecule has 0 aromatic rings. The maximum atomic E-state index is 14.4. The van der Waals surface area contributed by atoms with E-state index in [1.54, 1.807) is 0 Å². The van der Waals surface area contributed by atoms with Crippen LogP contribution in [-0.2, 0) is 23.9 Å². The number of ketones is 1. The molecule has 10 atom stereocenters. The van der Waals surface area contributed by atoms with Gasteiger partial charge in [0.15, 0.2) is 5.78 Å². The first-order valence-corrected chi connectivity index (χ1v) is 16.3. The Hall–Kier alpha value is -2.18. The highest BCUT2D eigenvalue weighted by atomic mass is 16.5. The summed E-state index contributed by atoms with van der Waals surface area (Å²) in [6.45, 7) is 15.2. The van der Waals surface area contributed by atoms with E-state index in [4.69, 9.17) is 4.74 Å². The second-order valence-corrected chi connectivity index (χ2v) is 16.6. The topological polar surface area (TPSA) is 110 Å². The number of allylic oxidation sites excluding steroid dienone is 2. The Morgan fingerprint density at radius 3 is 2.26 bits per heavy atom. The van der Waals surface area contributed by atoms with E-state index in [-0.39, 0.29) is 75.5 Å². The number of esters is 1. The molecule has 0 bridgehead atoms. The van der Waals surface area contributed by atoms with Crippen molar-refractivity contribution >= 4 is 23.6 Å². The summed E-state index contributed by atoms with van der Waals surface area (Å²) < 4.78 is 4.78. The second-order valence-electron chi connectivity index (χ2n) is 16.6. The highest BCUT2D eigenvalue weighted by molar-refractivity contribution is 5.95. The predicted octanol–water partition coefficient (Wildman–Crippen LogP) is 6.35. The average molecular weight is 584 g/mol. The first-order valence-electron chi connectivity index (χ1n) is 16.3. The minimum Gasteiger partial charge on any atom is -0.481 e. The zero-order valence-electron chi connectivity index (χ0n) is 27.1. The molecule has 0 radical (unpaired) electrons. The largest absolute Gasteiger partial charge is 0.481 e. The van der Waals surface area contributed by atoms with Crippen LogP contribution in [0.5, 0.6) is 0 Å². The number of carboxylic acids is 1. The summed E-state index contributed by atoms with van der Waals surface area (Å²) in [4.78, 5) is 52.0. The molecule has 5 aliphatic rings. The lowest BCUT2D eigenvalue weighted by atomic mass is 9.36. The summed E-state index contributed by atoms with van der Waals surface area (Å²) in [7, 11) is 1.36. The lowest BCUT2D eigenvalue weighted by molar-refractivity contribution is -0.181. The van der Waals surface area contributed by atoms with Crippen LogP contribution in [0, 0.1) is 56.7 Å². The van der Waals surface area contributed by atoms with Gasteiger partial charge in [0.1, 0.15) is 0 Å². The minimum atomic E-state index is -0.741. The van der Waals surface area contributed by atoms with Crippen molar-refractivity contribution in [3.8, 4) is 0 Å². The van der Waals surface area contributed by atoms with Gasteiger partial charge in [-0.3, -0.25) is 19.2 Å². The van der Waals surface area contributed by atoms with E-state index in [9.17, 15) is 24.3 Å². The average Bonchev–Trinajstić information content (AvgIpc) is 2.88. The summed E-state index contributed by atoms with van der Waals surface area (Å²) in [6, 6.07) is -0.299. The highest BCUT2D eigenvalue weighted by Gasteiger charge is 2.67. The third kappa shape index (κ3) is 4.58. The van der Waals surface area contributed by atoms with Crippen molar-refractivity contribution in [1.29, 1.82) is 0 Å². The van der Waals surface area contributed by atoms with Crippen LogP contribution in [0.1, 0.15) is 113 Å². The maximum absolute atomic E-state index is 14.4. The number of ether oxygens (including phenoxy) is 1. The molecule has 234 valence electrons. The summed E-state index contributed by atoms with van der Waals surface area (Å²) in [5.74, 6) is -0.444. The van der Waals surface area contributed by atoms with E-state index in [2.05, 4.69) is 39.9 Å². The second kappa shape index (κ2) is 10.2. The summed E-state index contributed by atoms with van der Waals surface area (Å²) in [5, 5.41) is 13.2. The number of hydrogen-bond donors (Lipinski definition) is 2. The molecule has 0 aromatic heterocycles. The van der Waals surface area contributed by atoms with E-state index in [0.29, 0.717) is 18.8 Å². The Morgan fingerprint density at radius 1 is 0.952 bits per heavy atom. The van der Waals surface area contributed by atoms with E-state index in [1.807, 2.05) is 19.9 Å². The first kappa shape index (κ1) is 31.3. The molecule has 7 nitrogen and oxygen atoms in total. The van der Waals surface area contributed by atoms with Crippen molar-refractivity contribution in [3.63, 3.8) is 0 Å². The Kier molecular flexibility index (Phi) is 7.58. The molecule has 0 spiro atoms. The molecule has 0 aromatic carbocycles. The molecular weight excluding hydrogens is 530 g/mol. The molecule has 4 saturated carbocycles. The van der Waals surface area contributed by atoms with Crippen LogP contribution in [0.3, 0.4) is 0 Å². The maximum Gasteiger partial charge on any atom is 0.309 e. The number of rotatable bonds is 5. The molecule has 2 N–H and O–H groups in total. The van der Waals surface area contributed by atoms with Crippen LogP contribution in [0.4, 0.5) is 0 Å². The van der Waals surface area contributed by atoms with Crippen molar-refractivity contribution in [2.24, 2.45) is 56.7 Å². The van der Waals surface area contributed by atoms with Crippen LogP contribution in [0.25, 0.3) is 0 Å². The molecule has 1 amide bonds. The third-order valence-electron chi connectivity index (χ3n) is 13.7. The van der Waals surface area contributed by atoms with E-state index >= 15 is 0 Å². The lowest BCUT2D eigenvalue weighted by Crippen LogP contribution is -2.64. The standard InChI is InChI=1S/C35H53NO6/c1-20(17-27(38)42-8)36-29(39)23-10-13-35(7)26(31(23,2)3)11-14-34(6)22-9-12-32(4)15-16-33(5,30(40)41)19-24(32)21(22)18-25(37)28(34)35/h18,20,22-24,26,28H,9-17,19H2,1-8H3,(H,36,39)(H,40,41)/t20?,22?,23?,24?,26?,28?,32?,33-,34?,35?/m0/s1. The number of carbonyl (C=O) groups excluding carboxylic acids is 3. The van der Waals surface area contributed by atoms with Gasteiger partial charge in [-0.1, -0.05) is 40.2 Å². The fraction of sp³-hybridized carbons (Fsp3) is 0.829. The van der Waals surface area contributed by atoms with Crippen molar-refractivity contribution in [3.05, 3.63) is 11.6 Å². The molecule has 0 heterocycles. The van der Waals surface area contributed by atoms with Gasteiger partial charge < -0.3 is 15.2 Å². The number of methoxy groups -OCH3 is 1. The summed E-state index contributed by atoms with van der Waals surface area (Å²) in [5.41, 5.74) is -0.119. The van der Waals surface area contributed by atoms with Gasteiger partial charge in [-0.2, -0.15) is 0 Å². The van der Waals surface area contributed by atoms with Crippen LogP contribution < -0.4 is 5.32 Å². The molecule has 42 heavy (non-hydrogen) atoms. The van der Waals surface area contributed by atoms with Gasteiger partial charge >= 0.3 is 11.9 Å². The van der Waals surface area contributed by atoms with Crippen LogP contribution in [-0.4, -0.2) is 41.9 Å². The SMILES string of the molecule is COC(=O)CC(C)NC(=O)C1CCC2(C)C(CCC3(C)C4CCC5(C)CC[C@](C)(C(=O)O)CC5C4=CC(=O)C32)C1(C)C. The number of carboxylic acid groups (broad SMARTS) is 1. The van der Waals surface area contributed by atoms with Crippen LogP contribution >= 0.6 is 0 Å². The monoisotopic (exact) mass is 583 g/mol. The number of fused-ring (bicyclic) bond motifs is 7. The Bertz CT molecular complexity index is 1210. The number of nitrogens with one attached hydrogen (secondary N) is 1. The van der Waals surface area contributed by atoms with Gasteiger partial charge in [0.2, 0.25) is 5.91 Å². The lowest BCUT2D eigenvalue weighted by Gasteiger charge is -2.67. The molecule has 7 heteroatoms. The third-order valence-corrected chi connectivity index (χ3v) is 13.7. The van der Waals surface area contributed by atoms with Gasteiger partial charge in [0.25, 0.3) is 0 Å². The van der Waals surface area contributed by atoms with E-state index in [0.717, 1.165) is 44.9 Å². The van der Waals surface area contributed by atoms with Crippen LogP contribution in [0.15, 0.2) is 11.6 Å². The summed E-state index contributed by atoms with van der Waals surface area (Å²) in [6.07, 6.45) is 9.97. The normalized spacial score (nSPS) is 44.7. The van der Waals surface area contributed by atoms with Gasteiger partial charge in [0, 0.05) is 17.9 Å². The van der Waals surface area contributed by atoms with Crippen molar-refractivity contribution < 1.29 is 29.0 Å². The molecular formula is C35H53NO6. The number of hydrogen-bond acceptors (Lipinski definition) is 5. The predicted molar refractivity (Wildman–Crippen MR) is 160 cm³/mol. The molecule has 0 aliphatic heterocycles. The van der Waals surface area contributed by atoms with Gasteiger partial charge in [-0.15, -0.1) is 0 Å². The molecule has 9 unspecified atom stereocenters. The fourth-order valence-electron chi connectivity index (χ4n) is 11.3. The van der Waals surface area contributed by atoms with E-state index < -0.39 is 11.4 Å². The van der Waals surface area contributed by atoms with Crippen molar-refractivity contribution in [2.75, 3.05) is 7.11 Å². The van der Waals surface area contributed by atoms with Gasteiger partial charge in [-0.25, -0.2) is 0 Å². The Labute approximate surface area is 252 Å². The molecule has 0 saturated heterocycles.